The Balaban J connectivity index is 1.85. The van der Waals surface area contributed by atoms with Gasteiger partial charge in [0.1, 0.15) is 0 Å². The fraction of sp³-hybridized carbons (Fsp3) is 0.500. The summed E-state index contributed by atoms with van der Waals surface area (Å²) in [5.74, 6) is -0.528. The molecule has 1 aliphatic heterocycles. The van der Waals surface area contributed by atoms with Crippen molar-refractivity contribution in [1.29, 1.82) is 0 Å². The van der Waals surface area contributed by atoms with Crippen LogP contribution in [0.5, 0.6) is 0 Å². The van der Waals surface area contributed by atoms with Gasteiger partial charge in [-0.15, -0.1) is 0 Å². The number of hydrogen-bond donors (Lipinski definition) is 2. The van der Waals surface area contributed by atoms with Crippen LogP contribution in [0.15, 0.2) is 18.2 Å². The molecule has 1 amide bonds. The molecule has 1 aliphatic rings. The van der Waals surface area contributed by atoms with Crippen LogP contribution in [0.4, 0.5) is 15.8 Å². The summed E-state index contributed by atoms with van der Waals surface area (Å²) < 4.78 is 13.6. The van der Waals surface area contributed by atoms with Crippen molar-refractivity contribution in [2.24, 2.45) is 5.92 Å². The number of piperidine rings is 1. The number of nitro groups is 1. The second-order valence-electron chi connectivity index (χ2n) is 5.20. The van der Waals surface area contributed by atoms with Crippen molar-refractivity contribution in [3.63, 3.8) is 0 Å². The molecule has 1 heterocycles. The minimum atomic E-state index is -0.792. The number of nitro benzene ring substituents is 1. The van der Waals surface area contributed by atoms with Crippen molar-refractivity contribution in [2.45, 2.75) is 25.7 Å². The number of anilines is 1. The van der Waals surface area contributed by atoms with Crippen molar-refractivity contribution < 1.29 is 14.1 Å². The normalized spacial score (nSPS) is 15.7. The summed E-state index contributed by atoms with van der Waals surface area (Å²) >= 11 is 0. The van der Waals surface area contributed by atoms with Crippen LogP contribution in [0, 0.1) is 21.8 Å². The lowest BCUT2D eigenvalue weighted by atomic mass is 9.93. The zero-order chi connectivity index (χ0) is 15.2. The van der Waals surface area contributed by atoms with E-state index in [1.54, 1.807) is 0 Å². The summed E-state index contributed by atoms with van der Waals surface area (Å²) in [5.41, 5.74) is -0.351. The van der Waals surface area contributed by atoms with E-state index in [0.29, 0.717) is 12.3 Å². The van der Waals surface area contributed by atoms with E-state index < -0.39 is 10.7 Å². The van der Waals surface area contributed by atoms with Crippen molar-refractivity contribution in [1.82, 2.24) is 5.32 Å². The lowest BCUT2D eigenvalue weighted by Crippen LogP contribution is -2.28. The lowest BCUT2D eigenvalue weighted by molar-refractivity contribution is -0.385. The molecule has 0 aliphatic carbocycles. The number of non-ortho nitro benzene ring substituents is 1. The third-order valence-corrected chi connectivity index (χ3v) is 3.68. The number of rotatable bonds is 5. The first-order valence-corrected chi connectivity index (χ1v) is 7.01. The molecule has 2 rings (SSSR count). The Bertz CT molecular complexity index is 530. The summed E-state index contributed by atoms with van der Waals surface area (Å²) in [6, 6.07) is 3.20. The van der Waals surface area contributed by atoms with Gasteiger partial charge in [-0.05, 0) is 44.3 Å². The Morgan fingerprint density at radius 2 is 2.14 bits per heavy atom. The molecule has 0 aromatic heterocycles. The van der Waals surface area contributed by atoms with Gasteiger partial charge in [0.25, 0.3) is 5.69 Å². The number of nitrogens with zero attached hydrogens (tertiary/aromatic N) is 1. The lowest BCUT2D eigenvalue weighted by Gasteiger charge is -2.22. The van der Waals surface area contributed by atoms with Gasteiger partial charge in [-0.2, -0.15) is 0 Å². The first-order valence-electron chi connectivity index (χ1n) is 7.01. The molecule has 0 unspecified atom stereocenters. The van der Waals surface area contributed by atoms with E-state index in [1.807, 2.05) is 0 Å². The van der Waals surface area contributed by atoms with Crippen LogP contribution < -0.4 is 10.6 Å². The molecule has 0 radical (unpaired) electrons. The highest BCUT2D eigenvalue weighted by molar-refractivity contribution is 5.90. The first-order chi connectivity index (χ1) is 10.1. The second kappa shape index (κ2) is 7.12. The number of benzene rings is 1. The molecule has 0 spiro atoms. The Labute approximate surface area is 121 Å². The molecule has 6 nitrogen and oxygen atoms in total. The molecule has 7 heteroatoms. The molecule has 21 heavy (non-hydrogen) atoms. The smallest absolute Gasteiger partial charge is 0.272 e. The van der Waals surface area contributed by atoms with Gasteiger partial charge >= 0.3 is 0 Å². The predicted octanol–water partition coefficient (Wildman–Crippen LogP) is 2.45. The van der Waals surface area contributed by atoms with Gasteiger partial charge in [-0.3, -0.25) is 14.9 Å². The number of amides is 1. The van der Waals surface area contributed by atoms with E-state index in [1.165, 1.54) is 12.1 Å². The molecule has 0 bridgehead atoms. The van der Waals surface area contributed by atoms with Crippen molar-refractivity contribution in [2.75, 3.05) is 18.4 Å². The summed E-state index contributed by atoms with van der Waals surface area (Å²) in [4.78, 5) is 21.6. The number of carbonyl (C=O) groups excluding carboxylic acids is 1. The van der Waals surface area contributed by atoms with E-state index in [2.05, 4.69) is 10.6 Å². The van der Waals surface area contributed by atoms with E-state index in [0.717, 1.165) is 38.4 Å². The number of nitrogens with one attached hydrogen (secondary N) is 2. The van der Waals surface area contributed by atoms with E-state index in [4.69, 9.17) is 0 Å². The highest BCUT2D eigenvalue weighted by Crippen LogP contribution is 2.22. The number of halogens is 1. The van der Waals surface area contributed by atoms with E-state index in [-0.39, 0.29) is 17.3 Å². The highest BCUT2D eigenvalue weighted by atomic mass is 19.1. The first kappa shape index (κ1) is 15.4. The molecule has 1 aromatic rings. The van der Waals surface area contributed by atoms with Crippen LogP contribution in [0.1, 0.15) is 25.7 Å². The molecule has 114 valence electrons. The average Bonchev–Trinajstić information content (AvgIpc) is 2.48. The topological polar surface area (TPSA) is 84.3 Å². The van der Waals surface area contributed by atoms with Crippen LogP contribution in [0.25, 0.3) is 0 Å². The average molecular weight is 295 g/mol. The fourth-order valence-electron chi connectivity index (χ4n) is 2.44. The van der Waals surface area contributed by atoms with Crippen molar-refractivity contribution in [3.8, 4) is 0 Å². The summed E-state index contributed by atoms with van der Waals surface area (Å²) in [6.07, 6.45) is 3.22. The maximum absolute atomic E-state index is 13.6. The number of carbonyl (C=O) groups is 1. The Morgan fingerprint density at radius 1 is 1.43 bits per heavy atom. The zero-order valence-corrected chi connectivity index (χ0v) is 11.6. The van der Waals surface area contributed by atoms with E-state index in [9.17, 15) is 19.3 Å². The van der Waals surface area contributed by atoms with Gasteiger partial charge < -0.3 is 10.6 Å². The minimum Gasteiger partial charge on any atom is -0.324 e. The van der Waals surface area contributed by atoms with Gasteiger partial charge in [0, 0.05) is 12.5 Å². The molecule has 0 atom stereocenters. The molecule has 0 saturated carbocycles. The predicted molar refractivity (Wildman–Crippen MR) is 76.5 cm³/mol. The quantitative estimate of drug-likeness (QED) is 0.645. The van der Waals surface area contributed by atoms with Gasteiger partial charge in [0.2, 0.25) is 5.91 Å². The van der Waals surface area contributed by atoms with Crippen LogP contribution >= 0.6 is 0 Å². The highest BCUT2D eigenvalue weighted by Gasteiger charge is 2.16. The maximum Gasteiger partial charge on any atom is 0.272 e. The van der Waals surface area contributed by atoms with Crippen LogP contribution in [0.3, 0.4) is 0 Å². The third kappa shape index (κ3) is 4.49. The third-order valence-electron chi connectivity index (χ3n) is 3.68. The molecular formula is C14H18FN3O3. The standard InChI is InChI=1S/C14H18FN3O3/c15-12-9-11(18(20)21)2-3-13(12)17-14(19)4-1-10-5-7-16-8-6-10/h2-3,9-10,16H,1,4-8H2,(H,17,19). The van der Waals surface area contributed by atoms with Crippen molar-refractivity contribution >= 4 is 17.3 Å². The molecule has 2 N–H and O–H groups in total. The zero-order valence-electron chi connectivity index (χ0n) is 11.6. The summed E-state index contributed by atoms with van der Waals surface area (Å²) in [6.45, 7) is 1.95. The SMILES string of the molecule is O=C(CCC1CCNCC1)Nc1ccc([N+](=O)[O-])cc1F. The maximum atomic E-state index is 13.6. The second-order valence-corrected chi connectivity index (χ2v) is 5.20. The number of hydrogen-bond acceptors (Lipinski definition) is 4. The Morgan fingerprint density at radius 3 is 2.76 bits per heavy atom. The van der Waals surface area contributed by atoms with Gasteiger partial charge in [0.15, 0.2) is 5.82 Å². The van der Waals surface area contributed by atoms with Gasteiger partial charge in [-0.1, -0.05) is 0 Å². The molecule has 1 saturated heterocycles. The minimum absolute atomic E-state index is 0.0177. The van der Waals surface area contributed by atoms with Crippen LogP contribution in [-0.4, -0.2) is 23.9 Å². The van der Waals surface area contributed by atoms with Gasteiger partial charge in [0.05, 0.1) is 16.7 Å². The van der Waals surface area contributed by atoms with Crippen molar-refractivity contribution in [3.05, 3.63) is 34.1 Å². The van der Waals surface area contributed by atoms with Crippen LogP contribution in [-0.2, 0) is 4.79 Å². The fourth-order valence-corrected chi connectivity index (χ4v) is 2.44. The largest absolute Gasteiger partial charge is 0.324 e. The van der Waals surface area contributed by atoms with E-state index >= 15 is 0 Å². The Hall–Kier alpha value is -2.02. The van der Waals surface area contributed by atoms with Gasteiger partial charge in [-0.25, -0.2) is 4.39 Å². The molecule has 1 fully saturated rings. The molecule has 1 aromatic carbocycles. The van der Waals surface area contributed by atoms with Crippen LogP contribution in [0.2, 0.25) is 0 Å². The summed E-state index contributed by atoms with van der Waals surface area (Å²) in [7, 11) is 0. The Kier molecular flexibility index (Phi) is 5.21. The molecular weight excluding hydrogens is 277 g/mol. The monoisotopic (exact) mass is 295 g/mol. The summed E-state index contributed by atoms with van der Waals surface area (Å²) in [5, 5.41) is 16.2.